The van der Waals surface area contributed by atoms with Crippen molar-refractivity contribution in [1.82, 2.24) is 10.3 Å². The Morgan fingerprint density at radius 1 is 0.971 bits per heavy atom. The van der Waals surface area contributed by atoms with E-state index in [9.17, 15) is 4.79 Å². The number of amides is 2. The maximum Gasteiger partial charge on any atom is 0.420 e. The van der Waals surface area contributed by atoms with Crippen molar-refractivity contribution < 1.29 is 18.0 Å². The number of nitrogens with zero attached hydrogens (tertiary/aromatic N) is 2. The molecular formula is C25H16F3N3OS2. The minimum Gasteiger partial charge on any atom is -0.315 e. The fraction of sp³-hybridized carbons (Fsp3) is 0.120. The number of thioether (sulfide) groups is 1. The number of nitrogens with one attached hydrogen (secondary N) is 1. The van der Waals surface area contributed by atoms with E-state index >= 15 is 13.2 Å². The number of para-hydroxylation sites is 2. The lowest BCUT2D eigenvalue weighted by Gasteiger charge is -2.43. The van der Waals surface area contributed by atoms with Crippen LogP contribution in [0.25, 0.3) is 15.8 Å². The van der Waals surface area contributed by atoms with E-state index in [4.69, 9.17) is 0 Å². The van der Waals surface area contributed by atoms with Gasteiger partial charge in [-0.2, -0.15) is 13.2 Å². The number of hydrogen-bond donors (Lipinski definition) is 1. The monoisotopic (exact) mass is 495 g/mol. The number of aromatic nitrogens is 1. The third kappa shape index (κ3) is 2.93. The largest absolute Gasteiger partial charge is 0.420 e. The molecular weight excluding hydrogens is 479 g/mol. The number of halogens is 3. The Labute approximate surface area is 201 Å². The summed E-state index contributed by atoms with van der Waals surface area (Å²) >= 11 is 2.35. The van der Waals surface area contributed by atoms with Crippen LogP contribution in [0.2, 0.25) is 0 Å². The second kappa shape index (κ2) is 7.35. The third-order valence-electron chi connectivity index (χ3n) is 6.02. The zero-order valence-corrected chi connectivity index (χ0v) is 19.3. The van der Waals surface area contributed by atoms with E-state index in [0.29, 0.717) is 16.1 Å². The summed E-state index contributed by atoms with van der Waals surface area (Å²) in [5.41, 5.74) is -0.894. The van der Waals surface area contributed by atoms with E-state index in [-0.39, 0.29) is 21.2 Å². The fourth-order valence-corrected chi connectivity index (χ4v) is 6.80. The fourth-order valence-electron chi connectivity index (χ4n) is 4.42. The summed E-state index contributed by atoms with van der Waals surface area (Å²) in [7, 11) is 0. The normalized spacial score (nSPS) is 19.9. The molecule has 0 saturated carbocycles. The van der Waals surface area contributed by atoms with Crippen molar-refractivity contribution in [2.24, 2.45) is 0 Å². The number of thiazole rings is 1. The van der Waals surface area contributed by atoms with Crippen molar-refractivity contribution in [1.29, 1.82) is 0 Å². The number of benzene rings is 3. The molecule has 3 heterocycles. The van der Waals surface area contributed by atoms with Gasteiger partial charge in [-0.05, 0) is 36.8 Å². The molecule has 0 saturated heterocycles. The number of anilines is 1. The maximum absolute atomic E-state index is 15.2. The second-order valence-electron chi connectivity index (χ2n) is 8.12. The van der Waals surface area contributed by atoms with Gasteiger partial charge < -0.3 is 5.32 Å². The molecule has 1 unspecified atom stereocenters. The Morgan fingerprint density at radius 3 is 2.41 bits per heavy atom. The lowest BCUT2D eigenvalue weighted by Crippen LogP contribution is -2.62. The van der Waals surface area contributed by atoms with Crippen LogP contribution in [0.15, 0.2) is 82.7 Å². The molecule has 1 aromatic heterocycles. The highest BCUT2D eigenvalue weighted by Crippen LogP contribution is 2.59. The van der Waals surface area contributed by atoms with E-state index in [1.54, 1.807) is 48.5 Å². The number of fused-ring (bicyclic) bond motifs is 4. The van der Waals surface area contributed by atoms with Gasteiger partial charge in [-0.15, -0.1) is 11.3 Å². The number of carbonyl (C=O) groups is 1. The first kappa shape index (κ1) is 21.2. The summed E-state index contributed by atoms with van der Waals surface area (Å²) < 4.78 is 46.5. The topological polar surface area (TPSA) is 45.2 Å². The minimum atomic E-state index is -4.83. The molecule has 4 aromatic rings. The molecule has 0 bridgehead atoms. The van der Waals surface area contributed by atoms with E-state index in [1.165, 1.54) is 28.4 Å². The molecule has 4 nitrogen and oxygen atoms in total. The van der Waals surface area contributed by atoms with E-state index in [0.717, 1.165) is 22.0 Å². The van der Waals surface area contributed by atoms with Crippen molar-refractivity contribution in [3.63, 3.8) is 0 Å². The van der Waals surface area contributed by atoms with Gasteiger partial charge in [0.15, 0.2) is 5.54 Å². The van der Waals surface area contributed by atoms with Crippen molar-refractivity contribution in [2.45, 2.75) is 23.5 Å². The van der Waals surface area contributed by atoms with Gasteiger partial charge in [-0.3, -0.25) is 4.90 Å². The summed E-state index contributed by atoms with van der Waals surface area (Å²) in [6.45, 7) is 1.81. The first-order chi connectivity index (χ1) is 16.3. The predicted molar refractivity (Wildman–Crippen MR) is 129 cm³/mol. The third-order valence-corrected chi connectivity index (χ3v) is 8.22. The number of alkyl halides is 3. The zero-order valence-electron chi connectivity index (χ0n) is 17.7. The van der Waals surface area contributed by atoms with Crippen LogP contribution in [0.1, 0.15) is 16.1 Å². The van der Waals surface area contributed by atoms with Crippen molar-refractivity contribution in [2.75, 3.05) is 4.90 Å². The molecule has 6 rings (SSSR count). The van der Waals surface area contributed by atoms with Crippen molar-refractivity contribution >= 4 is 50.6 Å². The Kier molecular flexibility index (Phi) is 4.59. The molecule has 1 atom stereocenters. The highest BCUT2D eigenvalue weighted by Gasteiger charge is 2.65. The molecule has 170 valence electrons. The van der Waals surface area contributed by atoms with Crippen LogP contribution >= 0.6 is 23.1 Å². The molecule has 2 aliphatic heterocycles. The number of carbonyl (C=O) groups excluding carboxylic acids is 1. The van der Waals surface area contributed by atoms with Gasteiger partial charge in [0.05, 0.1) is 26.5 Å². The standard InChI is InChI=1S/C25H16F3N3OS2/c1-14-10-12-15(13-11-14)24(25(26,27)28)20(21-29-16-6-2-4-8-18(16)33-21)22-31(23(32)30-24)17-7-3-5-9-19(17)34-22/h2-13H,1H3,(H,30,32). The van der Waals surface area contributed by atoms with E-state index < -0.39 is 17.7 Å². The highest BCUT2D eigenvalue weighted by atomic mass is 32.2. The first-order valence-electron chi connectivity index (χ1n) is 10.4. The highest BCUT2D eigenvalue weighted by molar-refractivity contribution is 8.04. The molecule has 2 aliphatic rings. The molecule has 2 amide bonds. The quantitative estimate of drug-likeness (QED) is 0.324. The molecule has 0 radical (unpaired) electrons. The van der Waals surface area contributed by atoms with Crippen LogP contribution in [0.4, 0.5) is 23.7 Å². The van der Waals surface area contributed by atoms with Gasteiger partial charge in [-0.1, -0.05) is 65.9 Å². The summed E-state index contributed by atoms with van der Waals surface area (Å²) in [6, 6.07) is 19.6. The molecule has 34 heavy (non-hydrogen) atoms. The van der Waals surface area contributed by atoms with Gasteiger partial charge >= 0.3 is 12.2 Å². The van der Waals surface area contributed by atoms with Crippen LogP contribution < -0.4 is 10.2 Å². The summed E-state index contributed by atoms with van der Waals surface area (Å²) in [5.74, 6) is 0. The number of urea groups is 1. The van der Waals surface area contributed by atoms with Crippen LogP contribution in [-0.2, 0) is 5.54 Å². The molecule has 9 heteroatoms. The number of rotatable bonds is 2. The lowest BCUT2D eigenvalue weighted by molar-refractivity contribution is -0.178. The zero-order chi connectivity index (χ0) is 23.7. The molecule has 1 N–H and O–H groups in total. The Morgan fingerprint density at radius 2 is 1.68 bits per heavy atom. The summed E-state index contributed by atoms with van der Waals surface area (Å²) in [6.07, 6.45) is -4.83. The average molecular weight is 496 g/mol. The molecule has 0 fully saturated rings. The van der Waals surface area contributed by atoms with Crippen molar-refractivity contribution in [3.05, 3.63) is 94.0 Å². The van der Waals surface area contributed by atoms with Crippen molar-refractivity contribution in [3.8, 4) is 0 Å². The van der Waals surface area contributed by atoms with Crippen LogP contribution in [-0.4, -0.2) is 17.2 Å². The van der Waals surface area contributed by atoms with Crippen LogP contribution in [0.5, 0.6) is 0 Å². The van der Waals surface area contributed by atoms with Gasteiger partial charge in [0, 0.05) is 4.90 Å². The minimum absolute atomic E-state index is 0.0584. The Hall–Kier alpha value is -3.30. The second-order valence-corrected chi connectivity index (χ2v) is 10.2. The summed E-state index contributed by atoms with van der Waals surface area (Å²) in [5, 5.41) is 2.81. The molecule has 3 aromatic carbocycles. The number of aryl methyl sites for hydroxylation is 1. The first-order valence-corrected chi connectivity index (χ1v) is 12.1. The van der Waals surface area contributed by atoms with E-state index in [2.05, 4.69) is 10.3 Å². The maximum atomic E-state index is 15.2. The predicted octanol–water partition coefficient (Wildman–Crippen LogP) is 7.07. The molecule has 0 aliphatic carbocycles. The lowest BCUT2D eigenvalue weighted by atomic mass is 9.80. The van der Waals surface area contributed by atoms with Crippen LogP contribution in [0, 0.1) is 6.92 Å². The average Bonchev–Trinajstić information content (AvgIpc) is 3.40. The van der Waals surface area contributed by atoms with Crippen LogP contribution in [0.3, 0.4) is 0 Å². The van der Waals surface area contributed by atoms with Gasteiger partial charge in [-0.25, -0.2) is 9.78 Å². The van der Waals surface area contributed by atoms with E-state index in [1.807, 2.05) is 19.1 Å². The van der Waals surface area contributed by atoms with Gasteiger partial charge in [0.25, 0.3) is 0 Å². The van der Waals surface area contributed by atoms with Gasteiger partial charge in [0.1, 0.15) is 5.01 Å². The smallest absolute Gasteiger partial charge is 0.315 e. The Bertz CT molecular complexity index is 1460. The SMILES string of the molecule is Cc1ccc(C2(C(F)(F)F)NC(=O)N3C(=C2c2nc4ccccc4s2)Sc2ccccc23)cc1. The number of hydrogen-bond acceptors (Lipinski definition) is 4. The summed E-state index contributed by atoms with van der Waals surface area (Å²) in [4.78, 5) is 20.0. The van der Waals surface area contributed by atoms with Gasteiger partial charge in [0.2, 0.25) is 0 Å². The Balaban J connectivity index is 1.72. The molecule has 0 spiro atoms.